The molecular weight excluding hydrogens is 440 g/mol. The Bertz CT molecular complexity index is 1300. The van der Waals surface area contributed by atoms with Crippen molar-refractivity contribution in [2.75, 3.05) is 33.9 Å². The molecule has 2 aliphatic rings. The van der Waals surface area contributed by atoms with Crippen molar-refractivity contribution in [2.24, 2.45) is 4.99 Å². The highest BCUT2D eigenvalue weighted by molar-refractivity contribution is 6.16. The monoisotopic (exact) mass is 470 g/mol. The van der Waals surface area contributed by atoms with Crippen LogP contribution >= 0.6 is 0 Å². The zero-order valence-corrected chi connectivity index (χ0v) is 20.3. The fourth-order valence-corrected chi connectivity index (χ4v) is 5.29. The van der Waals surface area contributed by atoms with E-state index in [9.17, 15) is 9.90 Å². The summed E-state index contributed by atoms with van der Waals surface area (Å²) in [5.74, 6) is 0.900. The van der Waals surface area contributed by atoms with E-state index in [1.54, 1.807) is 25.3 Å². The van der Waals surface area contributed by atoms with Crippen molar-refractivity contribution < 1.29 is 19.4 Å². The van der Waals surface area contributed by atoms with E-state index in [0.717, 1.165) is 59.0 Å². The summed E-state index contributed by atoms with van der Waals surface area (Å²) in [5.41, 5.74) is 6.03. The normalized spacial score (nSPS) is 19.3. The molecule has 0 unspecified atom stereocenters. The fraction of sp³-hybridized carbons (Fsp3) is 0.310. The van der Waals surface area contributed by atoms with Crippen molar-refractivity contribution in [3.63, 3.8) is 0 Å². The van der Waals surface area contributed by atoms with Gasteiger partial charge in [-0.1, -0.05) is 30.3 Å². The molecule has 0 saturated carbocycles. The van der Waals surface area contributed by atoms with Gasteiger partial charge in [0.15, 0.2) is 0 Å². The van der Waals surface area contributed by atoms with Crippen LogP contribution in [0, 0.1) is 0 Å². The van der Waals surface area contributed by atoms with Crippen LogP contribution in [0.4, 0.5) is 0 Å². The van der Waals surface area contributed by atoms with Crippen LogP contribution in [0.5, 0.6) is 11.5 Å². The molecule has 3 aromatic rings. The summed E-state index contributed by atoms with van der Waals surface area (Å²) in [6, 6.07) is 19.5. The number of rotatable bonds is 6. The van der Waals surface area contributed by atoms with Gasteiger partial charge in [0.05, 0.1) is 31.0 Å². The smallest absolute Gasteiger partial charge is 0.335 e. The minimum absolute atomic E-state index is 0.147. The van der Waals surface area contributed by atoms with Gasteiger partial charge in [0.1, 0.15) is 11.5 Å². The lowest BCUT2D eigenvalue weighted by Gasteiger charge is -2.39. The van der Waals surface area contributed by atoms with Crippen LogP contribution < -0.4 is 9.47 Å². The third-order valence-electron chi connectivity index (χ3n) is 6.96. The lowest BCUT2D eigenvalue weighted by molar-refractivity contribution is 0.0697. The van der Waals surface area contributed by atoms with Gasteiger partial charge in [-0.15, -0.1) is 0 Å². The number of carboxylic acids is 1. The molecule has 0 aliphatic carbocycles. The third-order valence-corrected chi connectivity index (χ3v) is 6.96. The predicted octanol–water partition coefficient (Wildman–Crippen LogP) is 5.10. The van der Waals surface area contributed by atoms with Gasteiger partial charge >= 0.3 is 5.97 Å². The number of aliphatic imine (C=N–C) groups is 1. The highest BCUT2D eigenvalue weighted by Gasteiger charge is 2.36. The van der Waals surface area contributed by atoms with Gasteiger partial charge in [-0.3, -0.25) is 4.99 Å². The van der Waals surface area contributed by atoms with Crippen LogP contribution in [0.25, 0.3) is 11.1 Å². The van der Waals surface area contributed by atoms with E-state index in [0.29, 0.717) is 6.61 Å². The second-order valence-electron chi connectivity index (χ2n) is 9.16. The van der Waals surface area contributed by atoms with Crippen molar-refractivity contribution in [3.8, 4) is 22.6 Å². The molecule has 180 valence electrons. The fourth-order valence-electron chi connectivity index (χ4n) is 5.29. The molecule has 1 N–H and O–H groups in total. The number of nitrogens with zero attached hydrogens (tertiary/aromatic N) is 2. The summed E-state index contributed by atoms with van der Waals surface area (Å²) in [6.07, 6.45) is 0.959. The molecule has 5 rings (SSSR count). The zero-order chi connectivity index (χ0) is 24.5. The first-order chi connectivity index (χ1) is 17.0. The standard InChI is InChI=1S/C29H30N2O4/c1-4-35-27-16-21-23(15-22(27)20-10-5-6-11-26(20)34-3)28(18-8-7-9-19(14-18)29(32)33)30-25-12-13-31(2)17-24(21)25/h5-11,14-16,24-25H,4,12-13,17H2,1-3H3,(H,32,33)/t24-,25-/m1/s1. The Morgan fingerprint density at radius 2 is 1.89 bits per heavy atom. The summed E-state index contributed by atoms with van der Waals surface area (Å²) in [5, 5.41) is 9.59. The first kappa shape index (κ1) is 23.1. The molecule has 0 spiro atoms. The van der Waals surface area contributed by atoms with Crippen LogP contribution in [0.1, 0.15) is 46.3 Å². The van der Waals surface area contributed by atoms with E-state index >= 15 is 0 Å². The van der Waals surface area contributed by atoms with E-state index in [1.807, 2.05) is 37.3 Å². The maximum Gasteiger partial charge on any atom is 0.335 e. The number of benzene rings is 3. The molecule has 0 aromatic heterocycles. The van der Waals surface area contributed by atoms with Crippen molar-refractivity contribution >= 4 is 11.7 Å². The number of piperidine rings is 1. The minimum atomic E-state index is -0.943. The molecule has 0 bridgehead atoms. The molecule has 2 atom stereocenters. The lowest BCUT2D eigenvalue weighted by Crippen LogP contribution is -2.41. The maximum atomic E-state index is 11.7. The lowest BCUT2D eigenvalue weighted by atomic mass is 9.78. The maximum absolute atomic E-state index is 11.7. The number of ether oxygens (including phenoxy) is 2. The Labute approximate surface area is 205 Å². The van der Waals surface area contributed by atoms with Crippen LogP contribution in [-0.4, -0.2) is 61.6 Å². The van der Waals surface area contributed by atoms with E-state index < -0.39 is 5.97 Å². The average Bonchev–Trinajstić information content (AvgIpc) is 2.88. The summed E-state index contributed by atoms with van der Waals surface area (Å²) in [4.78, 5) is 19.3. The number of carbonyl (C=O) groups is 1. The highest BCUT2D eigenvalue weighted by atomic mass is 16.5. The number of fused-ring (bicyclic) bond motifs is 3. The van der Waals surface area contributed by atoms with Gasteiger partial charge in [0, 0.05) is 34.7 Å². The molecule has 1 fully saturated rings. The number of likely N-dealkylation sites (N-methyl/N-ethyl adjacent to an activating group) is 1. The first-order valence-electron chi connectivity index (χ1n) is 12.0. The van der Waals surface area contributed by atoms with Gasteiger partial charge in [0.2, 0.25) is 0 Å². The topological polar surface area (TPSA) is 71.4 Å². The summed E-state index contributed by atoms with van der Waals surface area (Å²) < 4.78 is 11.8. The summed E-state index contributed by atoms with van der Waals surface area (Å²) in [6.45, 7) is 4.45. The van der Waals surface area contributed by atoms with Crippen LogP contribution in [0.3, 0.4) is 0 Å². The Balaban J connectivity index is 1.75. The third kappa shape index (κ3) is 4.30. The summed E-state index contributed by atoms with van der Waals surface area (Å²) >= 11 is 0. The minimum Gasteiger partial charge on any atom is -0.496 e. The SMILES string of the molecule is CCOc1cc2c(cc1-c1ccccc1OC)C(c1cccc(C(=O)O)c1)=N[C@@H]1CCN(C)C[C@H]21. The molecule has 2 aliphatic heterocycles. The van der Waals surface area contributed by atoms with E-state index in [2.05, 4.69) is 24.1 Å². The largest absolute Gasteiger partial charge is 0.496 e. The second kappa shape index (κ2) is 9.55. The van der Waals surface area contributed by atoms with Gasteiger partial charge in [-0.25, -0.2) is 4.79 Å². The van der Waals surface area contributed by atoms with Crippen LogP contribution in [0.2, 0.25) is 0 Å². The Hall–Kier alpha value is -3.64. The predicted molar refractivity (Wildman–Crippen MR) is 137 cm³/mol. The number of aromatic carboxylic acids is 1. The molecule has 6 nitrogen and oxygen atoms in total. The van der Waals surface area contributed by atoms with Crippen molar-refractivity contribution in [2.45, 2.75) is 25.3 Å². The van der Waals surface area contributed by atoms with Crippen molar-refractivity contribution in [1.29, 1.82) is 0 Å². The number of carboxylic acid groups (broad SMARTS) is 1. The van der Waals surface area contributed by atoms with E-state index in [1.165, 1.54) is 5.56 Å². The Morgan fingerprint density at radius 1 is 1.06 bits per heavy atom. The number of hydrogen-bond acceptors (Lipinski definition) is 5. The molecule has 0 amide bonds. The quantitative estimate of drug-likeness (QED) is 0.543. The number of methoxy groups -OCH3 is 1. The summed E-state index contributed by atoms with van der Waals surface area (Å²) in [7, 11) is 3.82. The number of para-hydroxylation sites is 1. The van der Waals surface area contributed by atoms with Gasteiger partial charge < -0.3 is 19.5 Å². The zero-order valence-electron chi connectivity index (χ0n) is 20.3. The molecule has 6 heteroatoms. The highest BCUT2D eigenvalue weighted by Crippen LogP contribution is 2.44. The number of likely N-dealkylation sites (tertiary alicyclic amines) is 1. The molecule has 0 radical (unpaired) electrons. The van der Waals surface area contributed by atoms with Gasteiger partial charge in [-0.2, -0.15) is 0 Å². The Kier molecular flexibility index (Phi) is 6.31. The molecule has 1 saturated heterocycles. The first-order valence-corrected chi connectivity index (χ1v) is 12.0. The van der Waals surface area contributed by atoms with Crippen molar-refractivity contribution in [1.82, 2.24) is 4.90 Å². The van der Waals surface area contributed by atoms with Crippen LogP contribution in [-0.2, 0) is 0 Å². The molecule has 35 heavy (non-hydrogen) atoms. The van der Waals surface area contributed by atoms with Crippen molar-refractivity contribution in [3.05, 3.63) is 82.9 Å². The molecular formula is C29H30N2O4. The average molecular weight is 471 g/mol. The van der Waals surface area contributed by atoms with Gasteiger partial charge in [-0.05, 0) is 62.8 Å². The Morgan fingerprint density at radius 3 is 2.66 bits per heavy atom. The van der Waals surface area contributed by atoms with E-state index in [4.69, 9.17) is 14.5 Å². The molecule has 3 aromatic carbocycles. The van der Waals surface area contributed by atoms with Gasteiger partial charge in [0.25, 0.3) is 0 Å². The van der Waals surface area contributed by atoms with E-state index in [-0.39, 0.29) is 17.5 Å². The second-order valence-corrected chi connectivity index (χ2v) is 9.16. The van der Waals surface area contributed by atoms with Crippen LogP contribution in [0.15, 0.2) is 65.7 Å². The number of hydrogen-bond donors (Lipinski definition) is 1. The molecule has 2 heterocycles.